The molecule has 0 aromatic rings. The molecule has 0 aromatic carbocycles. The highest BCUT2D eigenvalue weighted by molar-refractivity contribution is 8.00. The van der Waals surface area contributed by atoms with E-state index in [1.165, 1.54) is 82.8 Å². The summed E-state index contributed by atoms with van der Waals surface area (Å²) in [6, 6.07) is 0. The number of carbonyl (C=O) groups excluding carboxylic acids is 3. The lowest BCUT2D eigenvalue weighted by Gasteiger charge is -2.57. The van der Waals surface area contributed by atoms with Crippen molar-refractivity contribution in [2.45, 2.75) is 214 Å². The van der Waals surface area contributed by atoms with Crippen LogP contribution >= 0.6 is 23.5 Å². The van der Waals surface area contributed by atoms with Crippen LogP contribution in [0.15, 0.2) is 0 Å². The Morgan fingerprint density at radius 3 is 1.46 bits per heavy atom. The molecule has 2 aliphatic rings. The Bertz CT molecular complexity index is 1100. The molecule has 2 bridgehead atoms. The highest BCUT2D eigenvalue weighted by Gasteiger charge is 2.55. The largest absolute Gasteiger partial charge is 0.465 e. The standard InChI is InChI=1S/C48H89NO6S2/c1-9-13-15-17-19-21-30-56-40(5)25-27-44(51)54-38-47(8)33-42-32-46(7,37-53-43(50)24-23-29-49(11-3)12-4)35-48(34-42,36-47)39-55-45(52)28-26-41(6)57-31-22-20-18-16-14-10-2/h40-42H,9-39H2,1-8H3. The van der Waals surface area contributed by atoms with E-state index in [1.807, 2.05) is 23.5 Å². The van der Waals surface area contributed by atoms with E-state index in [0.717, 1.165) is 76.8 Å². The Hall–Kier alpha value is -0.930. The molecule has 0 radical (unpaired) electrons. The summed E-state index contributed by atoms with van der Waals surface area (Å²) in [7, 11) is 0. The van der Waals surface area contributed by atoms with Gasteiger partial charge in [-0.25, -0.2) is 0 Å². The first-order valence-corrected chi connectivity index (χ1v) is 25.8. The van der Waals surface area contributed by atoms with Crippen LogP contribution in [0, 0.1) is 22.2 Å². The van der Waals surface area contributed by atoms with Gasteiger partial charge in [0.05, 0.1) is 19.8 Å². The number of rotatable bonds is 34. The number of carbonyl (C=O) groups is 3. The van der Waals surface area contributed by atoms with Gasteiger partial charge in [-0.05, 0) is 101 Å². The van der Waals surface area contributed by atoms with Gasteiger partial charge in [0, 0.05) is 46.0 Å². The monoisotopic (exact) mass is 840 g/mol. The second kappa shape index (κ2) is 29.3. The summed E-state index contributed by atoms with van der Waals surface area (Å²) in [6.07, 6.45) is 24.1. The van der Waals surface area contributed by atoms with Crippen LogP contribution in [0.1, 0.15) is 203 Å². The summed E-state index contributed by atoms with van der Waals surface area (Å²) < 4.78 is 18.2. The Labute approximate surface area is 360 Å². The molecule has 2 rings (SSSR count). The van der Waals surface area contributed by atoms with Gasteiger partial charge in [-0.2, -0.15) is 23.5 Å². The molecule has 334 valence electrons. The predicted octanol–water partition coefficient (Wildman–Crippen LogP) is 12.9. The smallest absolute Gasteiger partial charge is 0.305 e. The van der Waals surface area contributed by atoms with Crippen LogP contribution in [0.2, 0.25) is 0 Å². The molecule has 7 nitrogen and oxygen atoms in total. The van der Waals surface area contributed by atoms with E-state index < -0.39 is 0 Å². The molecule has 9 heteroatoms. The molecule has 2 aliphatic carbocycles. The van der Waals surface area contributed by atoms with Gasteiger partial charge in [0.2, 0.25) is 0 Å². The molecule has 0 heterocycles. The quantitative estimate of drug-likeness (QED) is 0.0357. The van der Waals surface area contributed by atoms with E-state index in [9.17, 15) is 14.4 Å². The van der Waals surface area contributed by atoms with Gasteiger partial charge in [0.1, 0.15) is 0 Å². The maximum absolute atomic E-state index is 13.3. The van der Waals surface area contributed by atoms with Crippen molar-refractivity contribution >= 4 is 41.4 Å². The van der Waals surface area contributed by atoms with Gasteiger partial charge in [0.15, 0.2) is 0 Å². The normalized spacial score (nSPS) is 24.3. The summed E-state index contributed by atoms with van der Waals surface area (Å²) >= 11 is 3.97. The number of ether oxygens (including phenoxy) is 3. The van der Waals surface area contributed by atoms with Crippen molar-refractivity contribution in [2.24, 2.45) is 22.2 Å². The zero-order valence-corrected chi connectivity index (χ0v) is 40.0. The van der Waals surface area contributed by atoms with Crippen molar-refractivity contribution in [2.75, 3.05) is 51.0 Å². The summed E-state index contributed by atoms with van der Waals surface area (Å²) in [4.78, 5) is 41.5. The third kappa shape index (κ3) is 23.0. The minimum absolute atomic E-state index is 0.0966. The van der Waals surface area contributed by atoms with Crippen molar-refractivity contribution in [3.8, 4) is 0 Å². The lowest BCUT2D eigenvalue weighted by molar-refractivity contribution is -0.168. The highest BCUT2D eigenvalue weighted by Crippen LogP contribution is 2.60. The average molecular weight is 840 g/mol. The van der Waals surface area contributed by atoms with Crippen molar-refractivity contribution in [3.05, 3.63) is 0 Å². The number of unbranched alkanes of at least 4 members (excludes halogenated alkanes) is 10. The Balaban J connectivity index is 1.95. The fraction of sp³-hybridized carbons (Fsp3) is 0.938. The summed E-state index contributed by atoms with van der Waals surface area (Å²) in [6.45, 7) is 21.9. The molecular weight excluding hydrogens is 751 g/mol. The van der Waals surface area contributed by atoms with Crippen LogP contribution < -0.4 is 0 Å². The first-order valence-electron chi connectivity index (χ1n) is 23.7. The van der Waals surface area contributed by atoms with E-state index in [2.05, 4.69) is 60.3 Å². The van der Waals surface area contributed by atoms with Gasteiger partial charge in [-0.1, -0.05) is 120 Å². The van der Waals surface area contributed by atoms with Gasteiger partial charge >= 0.3 is 17.9 Å². The van der Waals surface area contributed by atoms with Crippen LogP contribution in [-0.4, -0.2) is 84.3 Å². The van der Waals surface area contributed by atoms with Gasteiger partial charge in [-0.15, -0.1) is 0 Å². The van der Waals surface area contributed by atoms with Gasteiger partial charge in [-0.3, -0.25) is 14.4 Å². The second-order valence-corrected chi connectivity index (χ2v) is 22.1. The molecule has 2 saturated carbocycles. The number of esters is 3. The second-order valence-electron chi connectivity index (χ2n) is 19.0. The third-order valence-electron chi connectivity index (χ3n) is 12.7. The Morgan fingerprint density at radius 1 is 0.579 bits per heavy atom. The van der Waals surface area contributed by atoms with Crippen LogP contribution in [0.25, 0.3) is 0 Å². The third-order valence-corrected chi connectivity index (χ3v) is 15.3. The first kappa shape index (κ1) is 52.2. The molecule has 0 saturated heterocycles. The van der Waals surface area contributed by atoms with Crippen molar-refractivity contribution in [3.63, 3.8) is 0 Å². The molecule has 0 spiro atoms. The van der Waals surface area contributed by atoms with E-state index >= 15 is 0 Å². The number of hydrogen-bond donors (Lipinski definition) is 0. The molecular formula is C48H89NO6S2. The number of thioether (sulfide) groups is 2. The summed E-state index contributed by atoms with van der Waals surface area (Å²) in [5, 5.41) is 0.886. The predicted molar refractivity (Wildman–Crippen MR) is 244 cm³/mol. The molecule has 0 aliphatic heterocycles. The molecule has 6 atom stereocenters. The topological polar surface area (TPSA) is 82.1 Å². The molecule has 2 fully saturated rings. The van der Waals surface area contributed by atoms with E-state index in [0.29, 0.717) is 55.5 Å². The van der Waals surface area contributed by atoms with Crippen molar-refractivity contribution in [1.82, 2.24) is 4.90 Å². The number of nitrogens with zero attached hydrogens (tertiary/aromatic N) is 1. The van der Waals surface area contributed by atoms with Crippen LogP contribution in [0.3, 0.4) is 0 Å². The SMILES string of the molecule is CCCCCCCCSC(C)CCC(=O)OCC1(C)CC2CC(C)(COC(=O)CCCN(CC)CC)CC(COC(=O)CCC(C)SCCCCCCCC)(C2)C1. The Kier molecular flexibility index (Phi) is 26.9. The summed E-state index contributed by atoms with van der Waals surface area (Å²) in [5.74, 6) is 2.39. The average Bonchev–Trinajstić information content (AvgIpc) is 3.17. The molecule has 0 N–H and O–H groups in total. The van der Waals surface area contributed by atoms with Crippen LogP contribution in [0.5, 0.6) is 0 Å². The zero-order chi connectivity index (χ0) is 42.0. The van der Waals surface area contributed by atoms with Crippen molar-refractivity contribution in [1.29, 1.82) is 0 Å². The maximum atomic E-state index is 13.3. The lowest BCUT2D eigenvalue weighted by atomic mass is 9.49. The maximum Gasteiger partial charge on any atom is 0.305 e. The van der Waals surface area contributed by atoms with Crippen LogP contribution in [-0.2, 0) is 28.6 Å². The fourth-order valence-corrected chi connectivity index (χ4v) is 12.0. The molecule has 0 aromatic heterocycles. The van der Waals surface area contributed by atoms with Crippen LogP contribution in [0.4, 0.5) is 0 Å². The van der Waals surface area contributed by atoms with E-state index in [-0.39, 0.29) is 34.2 Å². The summed E-state index contributed by atoms with van der Waals surface area (Å²) in [5.41, 5.74) is -0.609. The lowest BCUT2D eigenvalue weighted by Crippen LogP contribution is -2.52. The number of hydrogen-bond acceptors (Lipinski definition) is 9. The first-order chi connectivity index (χ1) is 27.3. The molecule has 57 heavy (non-hydrogen) atoms. The molecule has 0 amide bonds. The van der Waals surface area contributed by atoms with Gasteiger partial charge in [0.25, 0.3) is 0 Å². The highest BCUT2D eigenvalue weighted by atomic mass is 32.2. The Morgan fingerprint density at radius 2 is 1.00 bits per heavy atom. The van der Waals surface area contributed by atoms with E-state index in [1.54, 1.807) is 0 Å². The number of fused-ring (bicyclic) bond motifs is 2. The fourth-order valence-electron chi connectivity index (χ4n) is 9.85. The minimum Gasteiger partial charge on any atom is -0.465 e. The minimum atomic E-state index is -0.234. The zero-order valence-electron chi connectivity index (χ0n) is 38.4. The molecule has 6 unspecified atom stereocenters. The van der Waals surface area contributed by atoms with E-state index in [4.69, 9.17) is 14.2 Å². The van der Waals surface area contributed by atoms with Gasteiger partial charge < -0.3 is 19.1 Å². The van der Waals surface area contributed by atoms with Crippen molar-refractivity contribution < 1.29 is 28.6 Å².